The van der Waals surface area contributed by atoms with Crippen molar-refractivity contribution in [1.29, 1.82) is 0 Å². The summed E-state index contributed by atoms with van der Waals surface area (Å²) in [6.07, 6.45) is 0. The number of benzene rings is 1. The second-order valence-corrected chi connectivity index (χ2v) is 3.40. The van der Waals surface area contributed by atoms with Gasteiger partial charge in [0.15, 0.2) is 0 Å². The number of nitrogens with zero attached hydrogens (tertiary/aromatic N) is 1. The fourth-order valence-electron chi connectivity index (χ4n) is 0.853. The molecule has 2 nitrogen and oxygen atoms in total. The van der Waals surface area contributed by atoms with E-state index in [1.54, 1.807) is 14.1 Å². The molecule has 0 atom stereocenters. The minimum atomic E-state index is -0.361. The van der Waals surface area contributed by atoms with Gasteiger partial charge in [-0.3, -0.25) is 0 Å². The third-order valence-electron chi connectivity index (χ3n) is 1.47. The molecule has 13 heavy (non-hydrogen) atoms. The monoisotopic (exact) mass is 175 g/mol. The molecule has 1 aromatic rings. The molecular weight excluding hydrogens is 162 g/mol. The molecule has 0 heterocycles. The van der Waals surface area contributed by atoms with Crippen LogP contribution in [-0.2, 0) is 0 Å². The smallest absolute Gasteiger partial charge is 0.140 e. The Labute approximate surface area is 79.0 Å². The summed E-state index contributed by atoms with van der Waals surface area (Å²) < 4.78 is -0.361. The third kappa shape index (κ3) is 4.32. The van der Waals surface area contributed by atoms with Crippen LogP contribution in [0.25, 0.3) is 0 Å². The van der Waals surface area contributed by atoms with E-state index in [0.717, 1.165) is 5.56 Å². The van der Waals surface area contributed by atoms with Gasteiger partial charge in [-0.15, -0.1) is 0 Å². The summed E-state index contributed by atoms with van der Waals surface area (Å²) in [6.45, 7) is 0.328. The summed E-state index contributed by atoms with van der Waals surface area (Å²) in [6, 6.07) is 9.66. The van der Waals surface area contributed by atoms with Crippen LogP contribution in [0, 0.1) is 17.0 Å². The zero-order valence-electron chi connectivity index (χ0n) is 7.95. The minimum absolute atomic E-state index is 0.328. The number of hydrogen-bond acceptors (Lipinski definition) is 1. The van der Waals surface area contributed by atoms with Crippen molar-refractivity contribution in [1.82, 2.24) is 0 Å². The van der Waals surface area contributed by atoms with Gasteiger partial charge in [0, 0.05) is 5.56 Å². The van der Waals surface area contributed by atoms with Gasteiger partial charge in [0.1, 0.15) is 6.54 Å². The van der Waals surface area contributed by atoms with E-state index in [0.29, 0.717) is 6.54 Å². The van der Waals surface area contributed by atoms with Crippen molar-refractivity contribution in [2.24, 2.45) is 0 Å². The number of quaternary nitrogens is 1. The van der Waals surface area contributed by atoms with Gasteiger partial charge in [-0.05, 0) is 18.1 Å². The summed E-state index contributed by atoms with van der Waals surface area (Å²) in [4.78, 5) is 0. The molecular formula is C11H13NO. The van der Waals surface area contributed by atoms with Gasteiger partial charge in [-0.25, -0.2) is 0 Å². The van der Waals surface area contributed by atoms with Crippen LogP contribution in [0.3, 0.4) is 0 Å². The molecule has 0 aliphatic rings. The van der Waals surface area contributed by atoms with Gasteiger partial charge in [-0.2, -0.15) is 0 Å². The lowest BCUT2D eigenvalue weighted by molar-refractivity contribution is -0.832. The Balaban J connectivity index is 2.59. The van der Waals surface area contributed by atoms with E-state index in [1.165, 1.54) is 0 Å². The van der Waals surface area contributed by atoms with Crippen LogP contribution in [0.15, 0.2) is 30.3 Å². The lowest BCUT2D eigenvalue weighted by Crippen LogP contribution is -2.32. The molecule has 1 rings (SSSR count). The van der Waals surface area contributed by atoms with Crippen LogP contribution in [0.1, 0.15) is 5.56 Å². The molecule has 0 aromatic heterocycles. The van der Waals surface area contributed by atoms with Crippen LogP contribution in [0.2, 0.25) is 0 Å². The van der Waals surface area contributed by atoms with E-state index in [-0.39, 0.29) is 4.65 Å². The molecule has 0 aliphatic carbocycles. The van der Waals surface area contributed by atoms with Crippen LogP contribution in [-0.4, -0.2) is 25.3 Å². The zero-order valence-corrected chi connectivity index (χ0v) is 7.95. The van der Waals surface area contributed by atoms with Crippen molar-refractivity contribution < 1.29 is 4.65 Å². The summed E-state index contributed by atoms with van der Waals surface area (Å²) >= 11 is 0. The van der Waals surface area contributed by atoms with Gasteiger partial charge in [0.25, 0.3) is 0 Å². The first kappa shape index (κ1) is 9.79. The Bertz CT molecular complexity index is 313. The minimum Gasteiger partial charge on any atom is -0.632 e. The average Bonchev–Trinajstić information content (AvgIpc) is 2.04. The Kier molecular flexibility index (Phi) is 3.07. The van der Waals surface area contributed by atoms with Crippen LogP contribution in [0.4, 0.5) is 0 Å². The zero-order chi connectivity index (χ0) is 9.73. The molecule has 0 amide bonds. The van der Waals surface area contributed by atoms with Gasteiger partial charge in [-0.1, -0.05) is 24.1 Å². The summed E-state index contributed by atoms with van der Waals surface area (Å²) in [5.41, 5.74) is 0.955. The van der Waals surface area contributed by atoms with E-state index in [2.05, 4.69) is 11.8 Å². The molecule has 0 aliphatic heterocycles. The topological polar surface area (TPSA) is 23.1 Å². The van der Waals surface area contributed by atoms with E-state index in [1.807, 2.05) is 30.3 Å². The molecule has 0 fully saturated rings. The fourth-order valence-corrected chi connectivity index (χ4v) is 0.853. The quantitative estimate of drug-likeness (QED) is 0.361. The summed E-state index contributed by atoms with van der Waals surface area (Å²) in [5.74, 6) is 5.79. The Morgan fingerprint density at radius 3 is 2.38 bits per heavy atom. The highest BCUT2D eigenvalue weighted by atomic mass is 16.5. The van der Waals surface area contributed by atoms with Crippen molar-refractivity contribution in [3.63, 3.8) is 0 Å². The van der Waals surface area contributed by atoms with E-state index < -0.39 is 0 Å². The highest BCUT2D eigenvalue weighted by Crippen LogP contribution is 1.95. The van der Waals surface area contributed by atoms with E-state index >= 15 is 0 Å². The lowest BCUT2D eigenvalue weighted by atomic mass is 10.2. The normalized spacial score (nSPS) is 10.4. The van der Waals surface area contributed by atoms with Crippen LogP contribution >= 0.6 is 0 Å². The molecule has 1 aromatic carbocycles. The van der Waals surface area contributed by atoms with Crippen molar-refractivity contribution in [2.45, 2.75) is 0 Å². The largest absolute Gasteiger partial charge is 0.632 e. The van der Waals surface area contributed by atoms with Crippen molar-refractivity contribution in [3.05, 3.63) is 41.1 Å². The molecule has 0 unspecified atom stereocenters. The van der Waals surface area contributed by atoms with E-state index in [4.69, 9.17) is 0 Å². The maximum atomic E-state index is 11.1. The number of rotatable bonds is 1. The van der Waals surface area contributed by atoms with Gasteiger partial charge in [0.2, 0.25) is 0 Å². The predicted octanol–water partition coefficient (Wildman–Crippen LogP) is 1.61. The summed E-state index contributed by atoms with van der Waals surface area (Å²) in [7, 11) is 3.17. The SMILES string of the molecule is C[N+](C)([O-])CC#Cc1ccccc1. The average molecular weight is 175 g/mol. The first-order chi connectivity index (χ1) is 6.08. The van der Waals surface area contributed by atoms with E-state index in [9.17, 15) is 5.21 Å². The maximum Gasteiger partial charge on any atom is 0.140 e. The summed E-state index contributed by atoms with van der Waals surface area (Å²) in [5, 5.41) is 11.1. The molecule has 0 saturated heterocycles. The fraction of sp³-hybridized carbons (Fsp3) is 0.273. The molecule has 0 N–H and O–H groups in total. The van der Waals surface area contributed by atoms with Gasteiger partial charge in [0.05, 0.1) is 14.1 Å². The van der Waals surface area contributed by atoms with Gasteiger partial charge >= 0.3 is 0 Å². The predicted molar refractivity (Wildman–Crippen MR) is 53.7 cm³/mol. The first-order valence-electron chi connectivity index (χ1n) is 4.16. The Morgan fingerprint density at radius 1 is 1.23 bits per heavy atom. The molecule has 0 bridgehead atoms. The standard InChI is InChI=1S/C11H13NO/c1-12(2,13)10-6-9-11-7-4-3-5-8-11/h3-5,7-8H,10H2,1-2H3. The number of hydroxylamine groups is 3. The molecule has 2 heteroatoms. The van der Waals surface area contributed by atoms with Crippen molar-refractivity contribution in [3.8, 4) is 11.8 Å². The number of hydrogen-bond donors (Lipinski definition) is 0. The van der Waals surface area contributed by atoms with Crippen molar-refractivity contribution >= 4 is 0 Å². The highest BCUT2D eigenvalue weighted by Gasteiger charge is 1.94. The van der Waals surface area contributed by atoms with Crippen molar-refractivity contribution in [2.75, 3.05) is 20.6 Å². The Hall–Kier alpha value is -1.30. The maximum absolute atomic E-state index is 11.1. The Morgan fingerprint density at radius 2 is 1.85 bits per heavy atom. The van der Waals surface area contributed by atoms with Gasteiger partial charge < -0.3 is 9.85 Å². The highest BCUT2D eigenvalue weighted by molar-refractivity contribution is 5.33. The first-order valence-corrected chi connectivity index (χ1v) is 4.16. The van der Waals surface area contributed by atoms with Crippen LogP contribution in [0.5, 0.6) is 0 Å². The second kappa shape index (κ2) is 4.08. The second-order valence-electron chi connectivity index (χ2n) is 3.40. The molecule has 0 spiro atoms. The molecule has 0 saturated carbocycles. The molecule has 0 radical (unpaired) electrons. The third-order valence-corrected chi connectivity index (χ3v) is 1.47. The van der Waals surface area contributed by atoms with Crippen LogP contribution < -0.4 is 0 Å². The lowest BCUT2D eigenvalue weighted by Gasteiger charge is -2.30. The molecule has 68 valence electrons.